The Balaban J connectivity index is 1.51. The number of rotatable bonds is 5. The fourth-order valence-electron chi connectivity index (χ4n) is 3.08. The molecule has 126 valence electrons. The molecule has 24 heavy (non-hydrogen) atoms. The van der Waals surface area contributed by atoms with E-state index in [1.165, 1.54) is 11.1 Å². The van der Waals surface area contributed by atoms with E-state index in [4.69, 9.17) is 4.74 Å². The van der Waals surface area contributed by atoms with Crippen molar-refractivity contribution in [3.63, 3.8) is 0 Å². The predicted octanol–water partition coefficient (Wildman–Crippen LogP) is 4.01. The van der Waals surface area contributed by atoms with Crippen molar-refractivity contribution in [1.29, 1.82) is 5.26 Å². The Morgan fingerprint density at radius 1 is 1.29 bits per heavy atom. The van der Waals surface area contributed by atoms with Crippen LogP contribution in [0.25, 0.3) is 0 Å². The van der Waals surface area contributed by atoms with E-state index in [-0.39, 0.29) is 12.1 Å². The molecule has 0 spiro atoms. The fourth-order valence-corrected chi connectivity index (χ4v) is 3.96. The van der Waals surface area contributed by atoms with Gasteiger partial charge in [0.2, 0.25) is 0 Å². The first-order valence-corrected chi connectivity index (χ1v) is 9.26. The minimum absolute atomic E-state index is 0.171. The van der Waals surface area contributed by atoms with Gasteiger partial charge >= 0.3 is 0 Å². The van der Waals surface area contributed by atoms with E-state index in [0.717, 1.165) is 36.5 Å². The van der Waals surface area contributed by atoms with Crippen LogP contribution in [0.15, 0.2) is 29.8 Å². The molecule has 0 N–H and O–H groups in total. The van der Waals surface area contributed by atoms with Crippen molar-refractivity contribution < 1.29 is 4.74 Å². The lowest BCUT2D eigenvalue weighted by Gasteiger charge is -2.34. The highest BCUT2D eigenvalue weighted by atomic mass is 32.1. The van der Waals surface area contributed by atoms with Gasteiger partial charge in [-0.1, -0.05) is 29.8 Å². The van der Waals surface area contributed by atoms with Crippen LogP contribution in [0.2, 0.25) is 0 Å². The Morgan fingerprint density at radius 3 is 2.58 bits per heavy atom. The lowest BCUT2D eigenvalue weighted by molar-refractivity contribution is -0.00676. The molecule has 1 aliphatic heterocycles. The zero-order valence-corrected chi connectivity index (χ0v) is 15.1. The fraction of sp³-hybridized carbons (Fsp3) is 0.474. The summed E-state index contributed by atoms with van der Waals surface area (Å²) in [6.07, 6.45) is 2.23. The lowest BCUT2D eigenvalue weighted by atomic mass is 10.0. The molecule has 3 rings (SSSR count). The van der Waals surface area contributed by atoms with Crippen LogP contribution in [0.4, 0.5) is 0 Å². The Hall–Kier alpha value is -1.74. The normalized spacial score (nSPS) is 17.5. The molecular weight excluding hydrogens is 318 g/mol. The Labute approximate surface area is 147 Å². The molecule has 1 unspecified atom stereocenters. The summed E-state index contributed by atoms with van der Waals surface area (Å²) in [4.78, 5) is 7.62. The average molecular weight is 341 g/mol. The summed E-state index contributed by atoms with van der Waals surface area (Å²) in [5.74, 6) is 0. The summed E-state index contributed by atoms with van der Waals surface area (Å²) in [6.45, 7) is 6.53. The first kappa shape index (κ1) is 17.1. The minimum atomic E-state index is -0.171. The number of thiazole rings is 1. The van der Waals surface area contributed by atoms with Crippen molar-refractivity contribution in [2.24, 2.45) is 0 Å². The first-order valence-electron chi connectivity index (χ1n) is 8.38. The number of hydrogen-bond acceptors (Lipinski definition) is 5. The van der Waals surface area contributed by atoms with E-state index >= 15 is 0 Å². The molecule has 2 aromatic rings. The monoisotopic (exact) mass is 341 g/mol. The predicted molar refractivity (Wildman–Crippen MR) is 95.8 cm³/mol. The van der Waals surface area contributed by atoms with Gasteiger partial charge < -0.3 is 4.74 Å². The van der Waals surface area contributed by atoms with Crippen LogP contribution in [0.1, 0.15) is 40.6 Å². The molecule has 1 fully saturated rings. The zero-order chi connectivity index (χ0) is 16.9. The molecule has 1 atom stereocenters. The number of piperidine rings is 1. The molecule has 0 radical (unpaired) electrons. The number of ether oxygens (including phenoxy) is 1. The maximum absolute atomic E-state index is 9.57. The van der Waals surface area contributed by atoms with Gasteiger partial charge in [-0.05, 0) is 32.3 Å². The van der Waals surface area contributed by atoms with Crippen LogP contribution < -0.4 is 0 Å². The van der Waals surface area contributed by atoms with Crippen LogP contribution in [0.5, 0.6) is 0 Å². The maximum atomic E-state index is 9.57. The van der Waals surface area contributed by atoms with Gasteiger partial charge in [0.15, 0.2) is 0 Å². The minimum Gasteiger partial charge on any atom is -0.373 e. The summed E-state index contributed by atoms with van der Waals surface area (Å²) >= 11 is 1.58. The van der Waals surface area contributed by atoms with Gasteiger partial charge in [-0.3, -0.25) is 4.90 Å². The van der Waals surface area contributed by atoms with Crippen molar-refractivity contribution in [1.82, 2.24) is 9.88 Å². The van der Waals surface area contributed by atoms with Crippen LogP contribution >= 0.6 is 11.3 Å². The van der Waals surface area contributed by atoms with Gasteiger partial charge in [-0.2, -0.15) is 5.26 Å². The highest BCUT2D eigenvalue weighted by Crippen LogP contribution is 2.29. The highest BCUT2D eigenvalue weighted by Gasteiger charge is 2.28. The van der Waals surface area contributed by atoms with Crippen molar-refractivity contribution >= 4 is 11.3 Å². The molecule has 1 aromatic carbocycles. The number of nitriles is 1. The highest BCUT2D eigenvalue weighted by molar-refractivity contribution is 7.09. The molecule has 1 aromatic heterocycles. The summed E-state index contributed by atoms with van der Waals surface area (Å²) < 4.78 is 6.07. The number of hydrogen-bond donors (Lipinski definition) is 0. The number of likely N-dealkylation sites (tertiary alicyclic amines) is 1. The molecule has 2 heterocycles. The molecular formula is C19H23N3OS. The molecule has 5 heteroatoms. The number of aryl methyl sites for hydroxylation is 2. The molecule has 0 bridgehead atoms. The van der Waals surface area contributed by atoms with E-state index in [0.29, 0.717) is 6.61 Å². The van der Waals surface area contributed by atoms with E-state index in [2.05, 4.69) is 47.1 Å². The second kappa shape index (κ2) is 7.89. The van der Waals surface area contributed by atoms with Crippen LogP contribution in [-0.4, -0.2) is 29.1 Å². The summed E-state index contributed by atoms with van der Waals surface area (Å²) in [6, 6.07) is 10.8. The molecule has 1 saturated heterocycles. The smallest absolute Gasteiger partial charge is 0.134 e. The van der Waals surface area contributed by atoms with Gasteiger partial charge in [0, 0.05) is 13.1 Å². The third-order valence-electron chi connectivity index (χ3n) is 4.60. The van der Waals surface area contributed by atoms with E-state index in [9.17, 15) is 5.26 Å². The molecule has 0 amide bonds. The number of aromatic nitrogens is 1. The second-order valence-electron chi connectivity index (χ2n) is 6.37. The quantitative estimate of drug-likeness (QED) is 0.824. The van der Waals surface area contributed by atoms with Crippen molar-refractivity contribution in [3.05, 3.63) is 51.5 Å². The topological polar surface area (TPSA) is 49.1 Å². The van der Waals surface area contributed by atoms with Gasteiger partial charge in [0.25, 0.3) is 0 Å². The van der Waals surface area contributed by atoms with E-state index in [1.54, 1.807) is 11.3 Å². The maximum Gasteiger partial charge on any atom is 0.134 e. The average Bonchev–Trinajstić information content (AvgIpc) is 3.02. The van der Waals surface area contributed by atoms with Crippen LogP contribution in [0, 0.1) is 25.2 Å². The van der Waals surface area contributed by atoms with Crippen LogP contribution in [-0.2, 0) is 11.3 Å². The molecule has 4 nitrogen and oxygen atoms in total. The third-order valence-corrected chi connectivity index (χ3v) is 5.58. The van der Waals surface area contributed by atoms with Crippen molar-refractivity contribution in [2.75, 3.05) is 13.1 Å². The Kier molecular flexibility index (Phi) is 5.62. The van der Waals surface area contributed by atoms with Crippen molar-refractivity contribution in [2.45, 2.75) is 45.4 Å². The molecule has 0 saturated carbocycles. The van der Waals surface area contributed by atoms with E-state index in [1.807, 2.05) is 12.4 Å². The van der Waals surface area contributed by atoms with Gasteiger partial charge in [0.1, 0.15) is 6.04 Å². The van der Waals surface area contributed by atoms with Crippen molar-refractivity contribution in [3.8, 4) is 6.07 Å². The standard InChI is InChI=1S/C19H23N3OS/c1-14-3-5-16(6-4-14)12-23-17-7-9-22(10-8-17)18(11-20)19-15(2)21-13-24-19/h3-6,13,17-18H,7-10,12H2,1-2H3. The van der Waals surface area contributed by atoms with Gasteiger partial charge in [-0.25, -0.2) is 4.98 Å². The first-order chi connectivity index (χ1) is 11.7. The van der Waals surface area contributed by atoms with Gasteiger partial charge in [0.05, 0.1) is 34.9 Å². The summed E-state index contributed by atoms with van der Waals surface area (Å²) in [5.41, 5.74) is 5.29. The zero-order valence-electron chi connectivity index (χ0n) is 14.2. The summed E-state index contributed by atoms with van der Waals surface area (Å²) in [5, 5.41) is 9.57. The SMILES string of the molecule is Cc1ccc(COC2CCN(C(C#N)c3scnc3C)CC2)cc1. The van der Waals surface area contributed by atoms with E-state index < -0.39 is 0 Å². The number of benzene rings is 1. The van der Waals surface area contributed by atoms with Crippen LogP contribution in [0.3, 0.4) is 0 Å². The second-order valence-corrected chi connectivity index (χ2v) is 7.25. The Morgan fingerprint density at radius 2 is 2.00 bits per heavy atom. The lowest BCUT2D eigenvalue weighted by Crippen LogP contribution is -2.39. The molecule has 1 aliphatic rings. The summed E-state index contributed by atoms with van der Waals surface area (Å²) in [7, 11) is 0. The third kappa shape index (κ3) is 4.02. The number of nitrogens with zero attached hydrogens (tertiary/aromatic N) is 3. The largest absolute Gasteiger partial charge is 0.373 e. The Bertz CT molecular complexity index is 696. The molecule has 0 aliphatic carbocycles. The van der Waals surface area contributed by atoms with Gasteiger partial charge in [-0.15, -0.1) is 11.3 Å².